The number of aryl methyl sites for hydroxylation is 1. The number of anilines is 1. The summed E-state index contributed by atoms with van der Waals surface area (Å²) in [5.41, 5.74) is 2.05. The van der Waals surface area contributed by atoms with E-state index >= 15 is 0 Å². The van der Waals surface area contributed by atoms with Gasteiger partial charge in [0.05, 0.1) is 6.04 Å². The van der Waals surface area contributed by atoms with Gasteiger partial charge in [0.15, 0.2) is 0 Å². The maximum absolute atomic E-state index is 12.1. The first-order chi connectivity index (χ1) is 9.54. The van der Waals surface area contributed by atoms with Crippen LogP contribution in [0.15, 0.2) is 24.3 Å². The molecule has 4 heteroatoms. The Morgan fingerprint density at radius 2 is 2.10 bits per heavy atom. The van der Waals surface area contributed by atoms with Crippen LogP contribution in [-0.4, -0.2) is 43.5 Å². The molecular weight excluding hydrogens is 250 g/mol. The van der Waals surface area contributed by atoms with Crippen LogP contribution in [0.4, 0.5) is 5.69 Å². The highest BCUT2D eigenvalue weighted by molar-refractivity contribution is 5.94. The lowest BCUT2D eigenvalue weighted by Crippen LogP contribution is -2.40. The fraction of sp³-hybridized carbons (Fsp3) is 0.562. The summed E-state index contributed by atoms with van der Waals surface area (Å²) in [6, 6.07) is 7.71. The Hall–Kier alpha value is -1.39. The van der Waals surface area contributed by atoms with E-state index < -0.39 is 0 Å². The van der Waals surface area contributed by atoms with E-state index in [2.05, 4.69) is 22.6 Å². The van der Waals surface area contributed by atoms with Crippen molar-refractivity contribution in [1.82, 2.24) is 10.2 Å². The maximum Gasteiger partial charge on any atom is 0.241 e. The molecule has 1 heterocycles. The molecule has 1 aromatic carbocycles. The molecule has 0 aliphatic carbocycles. The average Bonchev–Trinajstić information content (AvgIpc) is 2.84. The van der Waals surface area contributed by atoms with Crippen molar-refractivity contribution in [2.45, 2.75) is 26.3 Å². The van der Waals surface area contributed by atoms with E-state index in [1.165, 1.54) is 12.0 Å². The molecule has 2 N–H and O–H groups in total. The molecule has 0 spiro atoms. The van der Waals surface area contributed by atoms with Crippen molar-refractivity contribution < 1.29 is 4.79 Å². The van der Waals surface area contributed by atoms with Gasteiger partial charge in [-0.25, -0.2) is 0 Å². The SMILES string of the molecule is Cc1ccc(NC(=O)C(C)NCC2CCN(C)C2)cc1. The van der Waals surface area contributed by atoms with Crippen molar-refractivity contribution in [2.24, 2.45) is 5.92 Å². The topological polar surface area (TPSA) is 44.4 Å². The van der Waals surface area contributed by atoms with Gasteiger partial charge in [0.2, 0.25) is 5.91 Å². The van der Waals surface area contributed by atoms with Crippen LogP contribution in [0.5, 0.6) is 0 Å². The van der Waals surface area contributed by atoms with Crippen molar-refractivity contribution in [3.63, 3.8) is 0 Å². The molecule has 1 fully saturated rings. The number of likely N-dealkylation sites (tertiary alicyclic amines) is 1. The van der Waals surface area contributed by atoms with E-state index in [1.807, 2.05) is 38.1 Å². The molecule has 1 aliphatic heterocycles. The molecule has 20 heavy (non-hydrogen) atoms. The molecule has 0 saturated carbocycles. The van der Waals surface area contributed by atoms with Gasteiger partial charge in [-0.05, 0) is 58.5 Å². The Balaban J connectivity index is 1.75. The van der Waals surface area contributed by atoms with E-state index in [0.717, 1.165) is 25.3 Å². The lowest BCUT2D eigenvalue weighted by molar-refractivity contribution is -0.117. The first kappa shape index (κ1) is 15.0. The van der Waals surface area contributed by atoms with E-state index in [4.69, 9.17) is 0 Å². The second-order valence-electron chi connectivity index (χ2n) is 5.90. The highest BCUT2D eigenvalue weighted by Crippen LogP contribution is 2.13. The molecule has 1 aliphatic rings. The third-order valence-electron chi connectivity index (χ3n) is 3.91. The molecule has 0 aromatic heterocycles. The average molecular weight is 275 g/mol. The van der Waals surface area contributed by atoms with Crippen LogP contribution in [0, 0.1) is 12.8 Å². The van der Waals surface area contributed by atoms with Crippen molar-refractivity contribution >= 4 is 11.6 Å². The van der Waals surface area contributed by atoms with Gasteiger partial charge in [-0.1, -0.05) is 17.7 Å². The summed E-state index contributed by atoms with van der Waals surface area (Å²) in [6.45, 7) is 7.15. The highest BCUT2D eigenvalue weighted by Gasteiger charge is 2.21. The quantitative estimate of drug-likeness (QED) is 0.862. The third kappa shape index (κ3) is 4.32. The van der Waals surface area contributed by atoms with E-state index in [0.29, 0.717) is 5.92 Å². The fourth-order valence-electron chi connectivity index (χ4n) is 2.52. The number of amides is 1. The Morgan fingerprint density at radius 3 is 2.70 bits per heavy atom. The Bertz CT molecular complexity index is 444. The first-order valence-electron chi connectivity index (χ1n) is 7.34. The minimum absolute atomic E-state index is 0.0280. The van der Waals surface area contributed by atoms with Crippen LogP contribution < -0.4 is 10.6 Å². The molecule has 2 atom stereocenters. The predicted octanol–water partition coefficient (Wildman–Crippen LogP) is 1.86. The maximum atomic E-state index is 12.1. The Morgan fingerprint density at radius 1 is 1.40 bits per heavy atom. The van der Waals surface area contributed by atoms with Gasteiger partial charge in [0.1, 0.15) is 0 Å². The summed E-state index contributed by atoms with van der Waals surface area (Å²) >= 11 is 0. The van der Waals surface area contributed by atoms with Gasteiger partial charge in [0, 0.05) is 12.2 Å². The van der Waals surface area contributed by atoms with Gasteiger partial charge >= 0.3 is 0 Å². The third-order valence-corrected chi connectivity index (χ3v) is 3.91. The second kappa shape index (κ2) is 6.86. The van der Waals surface area contributed by atoms with Gasteiger partial charge < -0.3 is 15.5 Å². The number of hydrogen-bond donors (Lipinski definition) is 2. The van der Waals surface area contributed by atoms with Gasteiger partial charge in [-0.2, -0.15) is 0 Å². The van der Waals surface area contributed by atoms with Crippen LogP contribution in [0.1, 0.15) is 18.9 Å². The molecule has 1 aromatic rings. The molecule has 0 bridgehead atoms. The number of nitrogens with zero attached hydrogens (tertiary/aromatic N) is 1. The Labute approximate surface area is 121 Å². The smallest absolute Gasteiger partial charge is 0.241 e. The standard InChI is InChI=1S/C16H25N3O/c1-12-4-6-15(7-5-12)18-16(20)13(2)17-10-14-8-9-19(3)11-14/h4-7,13-14,17H,8-11H2,1-3H3,(H,18,20). The van der Waals surface area contributed by atoms with Gasteiger partial charge in [-0.3, -0.25) is 4.79 Å². The number of carbonyl (C=O) groups is 1. The normalized spacial score (nSPS) is 20.9. The van der Waals surface area contributed by atoms with Gasteiger partial charge in [-0.15, -0.1) is 0 Å². The van der Waals surface area contributed by atoms with Crippen LogP contribution in [0.2, 0.25) is 0 Å². The molecule has 4 nitrogen and oxygen atoms in total. The summed E-state index contributed by atoms with van der Waals surface area (Å²) in [5.74, 6) is 0.690. The molecule has 1 saturated heterocycles. The zero-order valence-corrected chi connectivity index (χ0v) is 12.6. The second-order valence-corrected chi connectivity index (χ2v) is 5.90. The molecular formula is C16H25N3O. The summed E-state index contributed by atoms with van der Waals surface area (Å²) < 4.78 is 0. The van der Waals surface area contributed by atoms with Crippen molar-refractivity contribution in [2.75, 3.05) is 32.0 Å². The van der Waals surface area contributed by atoms with E-state index in [-0.39, 0.29) is 11.9 Å². The minimum atomic E-state index is -0.165. The lowest BCUT2D eigenvalue weighted by Gasteiger charge is -2.17. The summed E-state index contributed by atoms with van der Waals surface area (Å²) in [5, 5.41) is 6.28. The highest BCUT2D eigenvalue weighted by atomic mass is 16.2. The largest absolute Gasteiger partial charge is 0.325 e. The van der Waals surface area contributed by atoms with Crippen molar-refractivity contribution in [1.29, 1.82) is 0 Å². The van der Waals surface area contributed by atoms with Crippen LogP contribution in [0.3, 0.4) is 0 Å². The number of benzene rings is 1. The fourth-order valence-corrected chi connectivity index (χ4v) is 2.52. The first-order valence-corrected chi connectivity index (χ1v) is 7.34. The summed E-state index contributed by atoms with van der Waals surface area (Å²) in [4.78, 5) is 14.4. The summed E-state index contributed by atoms with van der Waals surface area (Å²) in [7, 11) is 2.15. The van der Waals surface area contributed by atoms with Crippen LogP contribution >= 0.6 is 0 Å². The number of nitrogens with one attached hydrogen (secondary N) is 2. The minimum Gasteiger partial charge on any atom is -0.325 e. The zero-order valence-electron chi connectivity index (χ0n) is 12.6. The van der Waals surface area contributed by atoms with Crippen LogP contribution in [0.25, 0.3) is 0 Å². The Kier molecular flexibility index (Phi) is 5.15. The number of rotatable bonds is 5. The summed E-state index contributed by atoms with van der Waals surface area (Å²) in [6.07, 6.45) is 1.22. The number of carbonyl (C=O) groups excluding carboxylic acids is 1. The lowest BCUT2D eigenvalue weighted by atomic mass is 10.1. The number of hydrogen-bond acceptors (Lipinski definition) is 3. The molecule has 2 rings (SSSR count). The molecule has 1 amide bonds. The van der Waals surface area contributed by atoms with Crippen molar-refractivity contribution in [3.8, 4) is 0 Å². The predicted molar refractivity (Wildman–Crippen MR) is 82.9 cm³/mol. The van der Waals surface area contributed by atoms with E-state index in [9.17, 15) is 4.79 Å². The van der Waals surface area contributed by atoms with E-state index in [1.54, 1.807) is 0 Å². The van der Waals surface area contributed by atoms with Gasteiger partial charge in [0.25, 0.3) is 0 Å². The van der Waals surface area contributed by atoms with Crippen LogP contribution in [-0.2, 0) is 4.79 Å². The van der Waals surface area contributed by atoms with Crippen molar-refractivity contribution in [3.05, 3.63) is 29.8 Å². The molecule has 110 valence electrons. The monoisotopic (exact) mass is 275 g/mol. The molecule has 2 unspecified atom stereocenters. The molecule has 0 radical (unpaired) electrons. The zero-order chi connectivity index (χ0) is 14.5.